The van der Waals surface area contributed by atoms with Gasteiger partial charge in [-0.05, 0) is 6.92 Å². The highest BCUT2D eigenvalue weighted by molar-refractivity contribution is 5.91. The van der Waals surface area contributed by atoms with Crippen LogP contribution >= 0.6 is 0 Å². The molecule has 12 heavy (non-hydrogen) atoms. The number of carbonyl (C=O) groups is 1. The Bertz CT molecular complexity index is 173. The summed E-state index contributed by atoms with van der Waals surface area (Å²) in [6, 6.07) is 0. The third-order valence-corrected chi connectivity index (χ3v) is 1.39. The highest BCUT2D eigenvalue weighted by Crippen LogP contribution is 1.99. The van der Waals surface area contributed by atoms with Crippen LogP contribution < -0.4 is 5.32 Å². The summed E-state index contributed by atoms with van der Waals surface area (Å²) in [4.78, 5) is 11.2. The molecule has 3 nitrogen and oxygen atoms in total. The Balaban J connectivity index is 4.17. The molecule has 0 unspecified atom stereocenters. The Morgan fingerprint density at radius 3 is 2.50 bits per heavy atom. The van der Waals surface area contributed by atoms with E-state index in [1.807, 2.05) is 20.8 Å². The molecule has 0 rings (SSSR count). The molecular weight excluding hydrogens is 154 g/mol. The molecule has 0 radical (unpaired) electrons. The van der Waals surface area contributed by atoms with Crippen LogP contribution in [-0.4, -0.2) is 19.4 Å². The van der Waals surface area contributed by atoms with Gasteiger partial charge in [-0.2, -0.15) is 0 Å². The van der Waals surface area contributed by atoms with Crippen LogP contribution in [0.3, 0.4) is 0 Å². The predicted octanol–water partition coefficient (Wildman–Crippen LogP) is 1.31. The first-order chi connectivity index (χ1) is 5.61. The second-order valence-corrected chi connectivity index (χ2v) is 2.75. The highest BCUT2D eigenvalue weighted by atomic mass is 16.5. The van der Waals surface area contributed by atoms with Gasteiger partial charge in [-0.1, -0.05) is 13.8 Å². The van der Waals surface area contributed by atoms with E-state index in [0.29, 0.717) is 12.5 Å². The van der Waals surface area contributed by atoms with E-state index >= 15 is 0 Å². The Labute approximate surface area is 73.8 Å². The van der Waals surface area contributed by atoms with Crippen LogP contribution in [0, 0.1) is 5.92 Å². The average Bonchev–Trinajstić information content (AvgIpc) is 2.03. The molecule has 0 fully saturated rings. The maximum absolute atomic E-state index is 11.2. The summed E-state index contributed by atoms with van der Waals surface area (Å²) >= 11 is 0. The Morgan fingerprint density at radius 2 is 2.17 bits per heavy atom. The maximum atomic E-state index is 11.2. The van der Waals surface area contributed by atoms with Crippen molar-refractivity contribution in [3.05, 3.63) is 12.0 Å². The van der Waals surface area contributed by atoms with E-state index in [1.54, 1.807) is 7.05 Å². The Hall–Kier alpha value is -0.990. The van der Waals surface area contributed by atoms with Crippen LogP contribution in [0.5, 0.6) is 0 Å². The standard InChI is InChI=1S/C9H17NO2/c1-5-12-9(10-4)6-8(11)7(2)3/h6-7,10H,5H2,1-4H3/b9-6+. The highest BCUT2D eigenvalue weighted by Gasteiger charge is 2.05. The minimum absolute atomic E-state index is 0.0220. The second-order valence-electron chi connectivity index (χ2n) is 2.75. The molecule has 3 heteroatoms. The van der Waals surface area contributed by atoms with E-state index in [1.165, 1.54) is 6.08 Å². The van der Waals surface area contributed by atoms with E-state index in [-0.39, 0.29) is 11.7 Å². The molecule has 0 heterocycles. The normalized spacial score (nSPS) is 11.6. The van der Waals surface area contributed by atoms with Gasteiger partial charge < -0.3 is 10.1 Å². The van der Waals surface area contributed by atoms with Crippen molar-refractivity contribution < 1.29 is 9.53 Å². The van der Waals surface area contributed by atoms with Crippen molar-refractivity contribution in [2.24, 2.45) is 5.92 Å². The first-order valence-electron chi connectivity index (χ1n) is 4.17. The molecular formula is C9H17NO2. The van der Waals surface area contributed by atoms with Gasteiger partial charge in [-0.15, -0.1) is 0 Å². The summed E-state index contributed by atoms with van der Waals surface area (Å²) in [7, 11) is 1.73. The molecule has 0 atom stereocenters. The summed E-state index contributed by atoms with van der Waals surface area (Å²) in [6.45, 7) is 6.17. The van der Waals surface area contributed by atoms with Crippen LogP contribution in [-0.2, 0) is 9.53 Å². The molecule has 0 aromatic heterocycles. The van der Waals surface area contributed by atoms with Crippen molar-refractivity contribution >= 4 is 5.78 Å². The predicted molar refractivity (Wildman–Crippen MR) is 48.6 cm³/mol. The third-order valence-electron chi connectivity index (χ3n) is 1.39. The van der Waals surface area contributed by atoms with Gasteiger partial charge in [0.1, 0.15) is 0 Å². The van der Waals surface area contributed by atoms with Gasteiger partial charge in [0.05, 0.1) is 6.61 Å². The van der Waals surface area contributed by atoms with Crippen LogP contribution in [0.15, 0.2) is 12.0 Å². The zero-order chi connectivity index (χ0) is 9.56. The van der Waals surface area contributed by atoms with E-state index < -0.39 is 0 Å². The van der Waals surface area contributed by atoms with Gasteiger partial charge in [-0.3, -0.25) is 4.79 Å². The second kappa shape index (κ2) is 5.63. The largest absolute Gasteiger partial charge is 0.479 e. The lowest BCUT2D eigenvalue weighted by molar-refractivity contribution is -0.117. The van der Waals surface area contributed by atoms with Crippen molar-refractivity contribution in [2.75, 3.05) is 13.7 Å². The molecule has 0 aliphatic heterocycles. The molecule has 0 spiro atoms. The quantitative estimate of drug-likeness (QED) is 0.500. The van der Waals surface area contributed by atoms with Gasteiger partial charge in [0.2, 0.25) is 0 Å². The molecule has 0 bridgehead atoms. The SMILES string of the molecule is CCO/C(=C/C(=O)C(C)C)NC. The van der Waals surface area contributed by atoms with E-state index in [2.05, 4.69) is 5.32 Å². The molecule has 70 valence electrons. The molecule has 0 aromatic rings. The van der Waals surface area contributed by atoms with Crippen molar-refractivity contribution in [1.29, 1.82) is 0 Å². The fourth-order valence-electron chi connectivity index (χ4n) is 0.637. The van der Waals surface area contributed by atoms with Crippen molar-refractivity contribution in [3.63, 3.8) is 0 Å². The zero-order valence-corrected chi connectivity index (χ0v) is 8.18. The molecule has 0 saturated carbocycles. The van der Waals surface area contributed by atoms with E-state index in [4.69, 9.17) is 4.74 Å². The van der Waals surface area contributed by atoms with Gasteiger partial charge in [-0.25, -0.2) is 0 Å². The average molecular weight is 171 g/mol. The lowest BCUT2D eigenvalue weighted by Gasteiger charge is -2.07. The molecule has 0 aliphatic rings. The van der Waals surface area contributed by atoms with Gasteiger partial charge >= 0.3 is 0 Å². The van der Waals surface area contributed by atoms with Crippen LogP contribution in [0.1, 0.15) is 20.8 Å². The summed E-state index contributed by atoms with van der Waals surface area (Å²) in [5.74, 6) is 0.637. The molecule has 0 aromatic carbocycles. The van der Waals surface area contributed by atoms with Crippen molar-refractivity contribution in [2.45, 2.75) is 20.8 Å². The van der Waals surface area contributed by atoms with Crippen LogP contribution in [0.2, 0.25) is 0 Å². The number of ketones is 1. The zero-order valence-electron chi connectivity index (χ0n) is 8.18. The summed E-state index contributed by atoms with van der Waals surface area (Å²) in [5.41, 5.74) is 0. The van der Waals surface area contributed by atoms with Crippen LogP contribution in [0.25, 0.3) is 0 Å². The minimum atomic E-state index is 0.0220. The van der Waals surface area contributed by atoms with Gasteiger partial charge in [0.15, 0.2) is 11.7 Å². The number of nitrogens with one attached hydrogen (secondary N) is 1. The molecule has 0 amide bonds. The third kappa shape index (κ3) is 4.01. The number of ether oxygens (including phenoxy) is 1. The number of rotatable bonds is 5. The smallest absolute Gasteiger partial charge is 0.189 e. The number of hydrogen-bond donors (Lipinski definition) is 1. The monoisotopic (exact) mass is 171 g/mol. The first-order valence-corrected chi connectivity index (χ1v) is 4.17. The summed E-state index contributed by atoms with van der Waals surface area (Å²) < 4.78 is 5.14. The topological polar surface area (TPSA) is 38.3 Å². The first kappa shape index (κ1) is 11.0. The van der Waals surface area contributed by atoms with Crippen molar-refractivity contribution in [3.8, 4) is 0 Å². The lowest BCUT2D eigenvalue weighted by atomic mass is 10.1. The van der Waals surface area contributed by atoms with Gasteiger partial charge in [0.25, 0.3) is 0 Å². The lowest BCUT2D eigenvalue weighted by Crippen LogP contribution is -2.13. The fourth-order valence-corrected chi connectivity index (χ4v) is 0.637. The van der Waals surface area contributed by atoms with E-state index in [9.17, 15) is 4.79 Å². The summed E-state index contributed by atoms with van der Waals surface area (Å²) in [6.07, 6.45) is 1.49. The number of allylic oxidation sites excluding steroid dienone is 1. The Morgan fingerprint density at radius 1 is 1.58 bits per heavy atom. The maximum Gasteiger partial charge on any atom is 0.189 e. The Kier molecular flexibility index (Phi) is 5.17. The molecule has 1 N–H and O–H groups in total. The van der Waals surface area contributed by atoms with Gasteiger partial charge in [0, 0.05) is 19.0 Å². The number of hydrogen-bond acceptors (Lipinski definition) is 3. The fraction of sp³-hybridized carbons (Fsp3) is 0.667. The minimum Gasteiger partial charge on any atom is -0.479 e. The molecule has 0 aliphatic carbocycles. The van der Waals surface area contributed by atoms with E-state index in [0.717, 1.165) is 0 Å². The number of carbonyl (C=O) groups excluding carboxylic acids is 1. The summed E-state index contributed by atoms with van der Waals surface area (Å²) in [5, 5.41) is 2.81. The van der Waals surface area contributed by atoms with Crippen LogP contribution in [0.4, 0.5) is 0 Å². The van der Waals surface area contributed by atoms with Crippen molar-refractivity contribution in [1.82, 2.24) is 5.32 Å². The molecule has 0 saturated heterocycles.